The first-order chi connectivity index (χ1) is 8.26. The van der Waals surface area contributed by atoms with Crippen molar-refractivity contribution in [3.8, 4) is 0 Å². The number of likely N-dealkylation sites (tertiary alicyclic amines) is 1. The van der Waals surface area contributed by atoms with E-state index in [-0.39, 0.29) is 0 Å². The van der Waals surface area contributed by atoms with Crippen molar-refractivity contribution < 1.29 is 0 Å². The van der Waals surface area contributed by atoms with E-state index < -0.39 is 0 Å². The first-order valence-electron chi connectivity index (χ1n) is 7.45. The third kappa shape index (κ3) is 4.23. The monoisotopic (exact) mass is 241 g/mol. The van der Waals surface area contributed by atoms with Gasteiger partial charge in [-0.2, -0.15) is 0 Å². The Morgan fingerprint density at radius 1 is 1.24 bits per heavy atom. The zero-order valence-electron chi connectivity index (χ0n) is 12.2. The largest absolute Gasteiger partial charge is 0.315 e. The van der Waals surface area contributed by atoms with E-state index >= 15 is 0 Å². The topological polar surface area (TPSA) is 18.5 Å². The van der Waals surface area contributed by atoms with Crippen LogP contribution in [0.2, 0.25) is 0 Å². The molecule has 0 spiro atoms. The maximum atomic E-state index is 3.49. The minimum atomic E-state index is 0.732. The van der Waals surface area contributed by atoms with Crippen LogP contribution in [0.5, 0.6) is 0 Å². The van der Waals surface area contributed by atoms with E-state index in [1.54, 1.807) is 0 Å². The molecule has 2 atom stereocenters. The van der Waals surface area contributed by atoms with Gasteiger partial charge in [0.1, 0.15) is 0 Å². The van der Waals surface area contributed by atoms with Crippen LogP contribution in [0, 0.1) is 0 Å². The van der Waals surface area contributed by atoms with E-state index in [2.05, 4.69) is 42.8 Å². The van der Waals surface area contributed by atoms with Gasteiger partial charge < -0.3 is 5.32 Å². The molecule has 0 aromatic heterocycles. The second-order valence-electron chi connectivity index (χ2n) is 5.03. The molecule has 0 saturated carbocycles. The molecule has 0 aromatic carbocycles. The molecule has 17 heavy (non-hydrogen) atoms. The van der Waals surface area contributed by atoms with Crippen molar-refractivity contribution in [2.45, 2.75) is 52.6 Å². The van der Waals surface area contributed by atoms with E-state index in [4.69, 9.17) is 0 Å². The van der Waals surface area contributed by atoms with Crippen LogP contribution >= 0.6 is 0 Å². The number of nitrogens with one attached hydrogen (secondary N) is 1. The molecule has 0 bridgehead atoms. The fourth-order valence-corrected chi connectivity index (χ4v) is 2.98. The zero-order valence-corrected chi connectivity index (χ0v) is 12.2. The highest BCUT2D eigenvalue weighted by molar-refractivity contribution is 4.86. The Morgan fingerprint density at radius 3 is 2.47 bits per heavy atom. The summed E-state index contributed by atoms with van der Waals surface area (Å²) in [4.78, 5) is 5.30. The summed E-state index contributed by atoms with van der Waals surface area (Å²) in [6.45, 7) is 16.2. The van der Waals surface area contributed by atoms with Crippen molar-refractivity contribution in [2.75, 3.05) is 39.3 Å². The Hall–Kier alpha value is -0.120. The molecule has 1 heterocycles. The molecular formula is C14H31N3. The molecule has 3 nitrogen and oxygen atoms in total. The van der Waals surface area contributed by atoms with Gasteiger partial charge in [-0.25, -0.2) is 0 Å². The lowest BCUT2D eigenvalue weighted by atomic mass is 10.2. The van der Waals surface area contributed by atoms with Gasteiger partial charge in [0.2, 0.25) is 0 Å². The molecule has 0 aromatic rings. The summed E-state index contributed by atoms with van der Waals surface area (Å²) in [6, 6.07) is 1.52. The van der Waals surface area contributed by atoms with Crippen molar-refractivity contribution in [2.24, 2.45) is 0 Å². The zero-order chi connectivity index (χ0) is 12.7. The number of nitrogens with zero attached hydrogens (tertiary/aromatic N) is 2. The minimum Gasteiger partial charge on any atom is -0.315 e. The molecule has 1 saturated heterocycles. The first kappa shape index (κ1) is 14.9. The van der Waals surface area contributed by atoms with Crippen LogP contribution in [-0.4, -0.2) is 61.2 Å². The fourth-order valence-electron chi connectivity index (χ4n) is 2.98. The van der Waals surface area contributed by atoms with E-state index in [1.807, 2.05) is 0 Å². The van der Waals surface area contributed by atoms with Gasteiger partial charge >= 0.3 is 0 Å². The average Bonchev–Trinajstić information content (AvgIpc) is 2.81. The van der Waals surface area contributed by atoms with Crippen LogP contribution < -0.4 is 5.32 Å². The Kier molecular flexibility index (Phi) is 7.09. The molecule has 1 rings (SSSR count). The second-order valence-corrected chi connectivity index (χ2v) is 5.03. The summed E-state index contributed by atoms with van der Waals surface area (Å²) in [7, 11) is 0. The van der Waals surface area contributed by atoms with Gasteiger partial charge in [0, 0.05) is 31.7 Å². The summed E-state index contributed by atoms with van der Waals surface area (Å²) in [6.07, 6.45) is 2.61. The third-order valence-electron chi connectivity index (χ3n) is 4.14. The number of likely N-dealkylation sites (N-methyl/N-ethyl adjacent to an activating group) is 2. The van der Waals surface area contributed by atoms with Gasteiger partial charge in [0.25, 0.3) is 0 Å². The van der Waals surface area contributed by atoms with Crippen LogP contribution in [0.15, 0.2) is 0 Å². The van der Waals surface area contributed by atoms with Gasteiger partial charge in [-0.05, 0) is 32.5 Å². The summed E-state index contributed by atoms with van der Waals surface area (Å²) in [5.74, 6) is 0. The molecule has 102 valence electrons. The highest BCUT2D eigenvalue weighted by Crippen LogP contribution is 2.18. The van der Waals surface area contributed by atoms with E-state index in [9.17, 15) is 0 Å². The first-order valence-corrected chi connectivity index (χ1v) is 7.45. The number of hydrogen-bond donors (Lipinski definition) is 1. The summed E-state index contributed by atoms with van der Waals surface area (Å²) in [5.41, 5.74) is 0. The van der Waals surface area contributed by atoms with Crippen molar-refractivity contribution in [3.63, 3.8) is 0 Å². The Bertz CT molecular complexity index is 192. The Balaban J connectivity index is 2.41. The lowest BCUT2D eigenvalue weighted by Crippen LogP contribution is -2.43. The van der Waals surface area contributed by atoms with E-state index in [0.717, 1.165) is 25.2 Å². The minimum absolute atomic E-state index is 0.732. The van der Waals surface area contributed by atoms with Crippen molar-refractivity contribution in [1.29, 1.82) is 0 Å². The van der Waals surface area contributed by atoms with Gasteiger partial charge in [-0.1, -0.05) is 27.7 Å². The molecule has 1 fully saturated rings. The van der Waals surface area contributed by atoms with E-state index in [0.29, 0.717) is 0 Å². The van der Waals surface area contributed by atoms with Crippen LogP contribution in [0.1, 0.15) is 40.5 Å². The van der Waals surface area contributed by atoms with Crippen LogP contribution in [0.4, 0.5) is 0 Å². The Morgan fingerprint density at radius 2 is 1.94 bits per heavy atom. The quantitative estimate of drug-likeness (QED) is 0.699. The molecular weight excluding hydrogens is 210 g/mol. The molecule has 1 aliphatic rings. The Labute approximate surface area is 108 Å². The predicted octanol–water partition coefficient (Wildman–Crippen LogP) is 1.79. The average molecular weight is 241 g/mol. The van der Waals surface area contributed by atoms with Crippen molar-refractivity contribution >= 4 is 0 Å². The number of hydrogen-bond acceptors (Lipinski definition) is 3. The summed E-state index contributed by atoms with van der Waals surface area (Å²) >= 11 is 0. The summed E-state index contributed by atoms with van der Waals surface area (Å²) in [5, 5.41) is 3.49. The molecule has 0 radical (unpaired) electrons. The lowest BCUT2D eigenvalue weighted by Gasteiger charge is -2.30. The van der Waals surface area contributed by atoms with Crippen LogP contribution in [-0.2, 0) is 0 Å². The normalized spacial score (nSPS) is 23.5. The van der Waals surface area contributed by atoms with Crippen molar-refractivity contribution in [1.82, 2.24) is 15.1 Å². The predicted molar refractivity (Wildman–Crippen MR) is 75.5 cm³/mol. The third-order valence-corrected chi connectivity index (χ3v) is 4.14. The van der Waals surface area contributed by atoms with Gasteiger partial charge in [0.05, 0.1) is 0 Å². The van der Waals surface area contributed by atoms with E-state index in [1.165, 1.54) is 39.0 Å². The highest BCUT2D eigenvalue weighted by Gasteiger charge is 2.29. The van der Waals surface area contributed by atoms with Crippen LogP contribution in [0.25, 0.3) is 0 Å². The van der Waals surface area contributed by atoms with Gasteiger partial charge in [0.15, 0.2) is 0 Å². The lowest BCUT2D eigenvalue weighted by molar-refractivity contribution is 0.182. The smallest absolute Gasteiger partial charge is 0.0235 e. The molecule has 3 heteroatoms. The fraction of sp³-hybridized carbons (Fsp3) is 1.00. The van der Waals surface area contributed by atoms with Crippen molar-refractivity contribution in [3.05, 3.63) is 0 Å². The molecule has 1 aliphatic heterocycles. The number of rotatable bonds is 8. The molecule has 0 amide bonds. The van der Waals surface area contributed by atoms with Gasteiger partial charge in [-0.3, -0.25) is 9.80 Å². The maximum Gasteiger partial charge on any atom is 0.0235 e. The second kappa shape index (κ2) is 8.06. The van der Waals surface area contributed by atoms with Gasteiger partial charge in [-0.15, -0.1) is 0 Å². The molecule has 0 aliphatic carbocycles. The highest BCUT2D eigenvalue weighted by atomic mass is 15.3. The maximum absolute atomic E-state index is 3.49. The SMILES string of the molecule is CCNCC(CC)N1CCC(N(CC)CC)C1. The molecule has 1 N–H and O–H groups in total. The van der Waals surface area contributed by atoms with Crippen LogP contribution in [0.3, 0.4) is 0 Å². The molecule has 2 unspecified atom stereocenters. The standard InChI is InChI=1S/C14H31N3/c1-5-13(11-15-6-2)17-10-9-14(12-17)16(7-3)8-4/h13-15H,5-12H2,1-4H3. The summed E-state index contributed by atoms with van der Waals surface area (Å²) < 4.78 is 0.